The second kappa shape index (κ2) is 4.48. The monoisotopic (exact) mass is 231 g/mol. The zero-order valence-electron chi connectivity index (χ0n) is 8.68. The SMILES string of the molecule is O=C(O)c1ccc(NC(=O)c2ccc[nH]2)cn1. The summed E-state index contributed by atoms with van der Waals surface area (Å²) in [5, 5.41) is 11.2. The zero-order chi connectivity index (χ0) is 12.3. The van der Waals surface area contributed by atoms with E-state index in [1.807, 2.05) is 0 Å². The van der Waals surface area contributed by atoms with Crippen LogP contribution in [0.5, 0.6) is 0 Å². The van der Waals surface area contributed by atoms with Crippen LogP contribution in [0.25, 0.3) is 0 Å². The van der Waals surface area contributed by atoms with Crippen molar-refractivity contribution in [2.45, 2.75) is 0 Å². The van der Waals surface area contributed by atoms with Crippen molar-refractivity contribution in [3.05, 3.63) is 48.0 Å². The van der Waals surface area contributed by atoms with Crippen molar-refractivity contribution >= 4 is 17.6 Å². The zero-order valence-corrected chi connectivity index (χ0v) is 8.68. The maximum absolute atomic E-state index is 11.6. The number of carboxylic acid groups (broad SMARTS) is 1. The topological polar surface area (TPSA) is 95.1 Å². The van der Waals surface area contributed by atoms with Gasteiger partial charge in [-0.2, -0.15) is 0 Å². The van der Waals surface area contributed by atoms with E-state index in [4.69, 9.17) is 5.11 Å². The van der Waals surface area contributed by atoms with E-state index in [0.29, 0.717) is 11.4 Å². The molecule has 17 heavy (non-hydrogen) atoms. The first-order valence-corrected chi connectivity index (χ1v) is 4.81. The number of hydrogen-bond acceptors (Lipinski definition) is 3. The maximum atomic E-state index is 11.6. The lowest BCUT2D eigenvalue weighted by molar-refractivity contribution is 0.0690. The van der Waals surface area contributed by atoms with Crippen LogP contribution in [0, 0.1) is 0 Å². The van der Waals surface area contributed by atoms with Crippen molar-refractivity contribution in [3.8, 4) is 0 Å². The maximum Gasteiger partial charge on any atom is 0.354 e. The number of carbonyl (C=O) groups excluding carboxylic acids is 1. The lowest BCUT2D eigenvalue weighted by Gasteiger charge is -2.03. The lowest BCUT2D eigenvalue weighted by Crippen LogP contribution is -2.12. The third kappa shape index (κ3) is 2.49. The molecular formula is C11H9N3O3. The molecule has 0 saturated carbocycles. The quantitative estimate of drug-likeness (QED) is 0.743. The number of hydrogen-bond donors (Lipinski definition) is 3. The summed E-state index contributed by atoms with van der Waals surface area (Å²) in [6.07, 6.45) is 2.94. The number of nitrogens with zero attached hydrogens (tertiary/aromatic N) is 1. The van der Waals surface area contributed by atoms with Gasteiger partial charge in [-0.3, -0.25) is 4.79 Å². The van der Waals surface area contributed by atoms with Gasteiger partial charge in [0.25, 0.3) is 5.91 Å². The third-order valence-corrected chi connectivity index (χ3v) is 2.08. The molecule has 0 unspecified atom stereocenters. The lowest BCUT2D eigenvalue weighted by atomic mass is 10.3. The van der Waals surface area contributed by atoms with Crippen molar-refractivity contribution in [2.24, 2.45) is 0 Å². The summed E-state index contributed by atoms with van der Waals surface area (Å²) in [7, 11) is 0. The number of H-pyrrole nitrogens is 1. The standard InChI is InChI=1S/C11H9N3O3/c15-10(8-2-1-5-12-8)14-7-3-4-9(11(16)17)13-6-7/h1-6,12H,(H,14,15)(H,16,17). The Morgan fingerprint density at radius 1 is 1.29 bits per heavy atom. The summed E-state index contributed by atoms with van der Waals surface area (Å²) >= 11 is 0. The predicted molar refractivity (Wildman–Crippen MR) is 59.9 cm³/mol. The summed E-state index contributed by atoms with van der Waals surface area (Å²) in [6, 6.07) is 6.15. The van der Waals surface area contributed by atoms with E-state index in [9.17, 15) is 9.59 Å². The Kier molecular flexibility index (Phi) is 2.87. The molecule has 0 aromatic carbocycles. The third-order valence-electron chi connectivity index (χ3n) is 2.08. The van der Waals surface area contributed by atoms with E-state index in [-0.39, 0.29) is 11.6 Å². The van der Waals surface area contributed by atoms with Gasteiger partial charge in [0.05, 0.1) is 11.9 Å². The van der Waals surface area contributed by atoms with Gasteiger partial charge in [-0.25, -0.2) is 9.78 Å². The number of rotatable bonds is 3. The first-order valence-electron chi connectivity index (χ1n) is 4.81. The second-order valence-electron chi connectivity index (χ2n) is 3.28. The van der Waals surface area contributed by atoms with Crippen molar-refractivity contribution in [2.75, 3.05) is 5.32 Å². The van der Waals surface area contributed by atoms with Crippen LogP contribution < -0.4 is 5.32 Å². The van der Waals surface area contributed by atoms with E-state index in [1.54, 1.807) is 18.3 Å². The van der Waals surface area contributed by atoms with E-state index < -0.39 is 5.97 Å². The van der Waals surface area contributed by atoms with Crippen LogP contribution in [-0.2, 0) is 0 Å². The van der Waals surface area contributed by atoms with Gasteiger partial charge in [0.1, 0.15) is 11.4 Å². The van der Waals surface area contributed by atoms with Crippen LogP contribution in [0.2, 0.25) is 0 Å². The molecule has 0 radical (unpaired) electrons. The number of nitrogens with one attached hydrogen (secondary N) is 2. The highest BCUT2D eigenvalue weighted by molar-refractivity contribution is 6.02. The molecule has 1 amide bonds. The van der Waals surface area contributed by atoms with Crippen LogP contribution in [-0.4, -0.2) is 27.0 Å². The predicted octanol–water partition coefficient (Wildman–Crippen LogP) is 1.36. The summed E-state index contributed by atoms with van der Waals surface area (Å²) in [5.74, 6) is -1.41. The first-order chi connectivity index (χ1) is 8.16. The smallest absolute Gasteiger partial charge is 0.354 e. The highest BCUT2D eigenvalue weighted by atomic mass is 16.4. The van der Waals surface area contributed by atoms with Gasteiger partial charge in [0.2, 0.25) is 0 Å². The molecule has 0 fully saturated rings. The van der Waals surface area contributed by atoms with Crippen LogP contribution in [0.1, 0.15) is 21.0 Å². The molecule has 6 nitrogen and oxygen atoms in total. The number of carboxylic acids is 1. The van der Waals surface area contributed by atoms with Gasteiger partial charge in [0, 0.05) is 6.20 Å². The van der Waals surface area contributed by atoms with Gasteiger partial charge in [0.15, 0.2) is 0 Å². The Labute approximate surface area is 96.3 Å². The molecule has 0 saturated heterocycles. The molecule has 0 atom stereocenters. The highest BCUT2D eigenvalue weighted by Gasteiger charge is 2.08. The Bertz CT molecular complexity index is 532. The van der Waals surface area contributed by atoms with E-state index >= 15 is 0 Å². The number of aromatic carboxylic acids is 1. The normalized spacial score (nSPS) is 9.88. The number of anilines is 1. The molecule has 0 aliphatic rings. The number of amides is 1. The largest absolute Gasteiger partial charge is 0.477 e. The molecule has 0 spiro atoms. The van der Waals surface area contributed by atoms with E-state index in [2.05, 4.69) is 15.3 Å². The summed E-state index contributed by atoms with van der Waals surface area (Å²) in [6.45, 7) is 0. The molecule has 2 rings (SSSR count). The van der Waals surface area contributed by atoms with E-state index in [1.165, 1.54) is 18.3 Å². The fourth-order valence-corrected chi connectivity index (χ4v) is 1.26. The van der Waals surface area contributed by atoms with Gasteiger partial charge < -0.3 is 15.4 Å². The molecule has 6 heteroatoms. The van der Waals surface area contributed by atoms with E-state index in [0.717, 1.165) is 0 Å². The molecule has 86 valence electrons. The average Bonchev–Trinajstić information content (AvgIpc) is 2.83. The van der Waals surface area contributed by atoms with Crippen LogP contribution in [0.3, 0.4) is 0 Å². The number of aromatic amines is 1. The summed E-state index contributed by atoms with van der Waals surface area (Å²) in [4.78, 5) is 28.6. The average molecular weight is 231 g/mol. The van der Waals surface area contributed by atoms with Crippen LogP contribution >= 0.6 is 0 Å². The van der Waals surface area contributed by atoms with Gasteiger partial charge in [-0.15, -0.1) is 0 Å². The fourth-order valence-electron chi connectivity index (χ4n) is 1.26. The summed E-state index contributed by atoms with van der Waals surface area (Å²) in [5.41, 5.74) is 0.796. The molecule has 2 heterocycles. The van der Waals surface area contributed by atoms with Gasteiger partial charge in [-0.1, -0.05) is 0 Å². The minimum Gasteiger partial charge on any atom is -0.477 e. The minimum atomic E-state index is -1.10. The molecule has 0 bridgehead atoms. The van der Waals surface area contributed by atoms with Crippen molar-refractivity contribution in [1.29, 1.82) is 0 Å². The molecule has 2 aromatic rings. The Morgan fingerprint density at radius 2 is 2.12 bits per heavy atom. The highest BCUT2D eigenvalue weighted by Crippen LogP contribution is 2.08. The first kappa shape index (κ1) is 10.9. The second-order valence-corrected chi connectivity index (χ2v) is 3.28. The molecule has 2 aromatic heterocycles. The molecule has 0 aliphatic heterocycles. The van der Waals surface area contributed by atoms with Gasteiger partial charge >= 0.3 is 5.97 Å². The Morgan fingerprint density at radius 3 is 2.65 bits per heavy atom. The van der Waals surface area contributed by atoms with Crippen LogP contribution in [0.15, 0.2) is 36.7 Å². The van der Waals surface area contributed by atoms with Crippen molar-refractivity contribution in [3.63, 3.8) is 0 Å². The molecule has 0 aliphatic carbocycles. The Hall–Kier alpha value is -2.63. The fraction of sp³-hybridized carbons (Fsp3) is 0. The number of aromatic nitrogens is 2. The van der Waals surface area contributed by atoms with Gasteiger partial charge in [-0.05, 0) is 24.3 Å². The van der Waals surface area contributed by atoms with Crippen LogP contribution in [0.4, 0.5) is 5.69 Å². The molecule has 3 N–H and O–H groups in total. The molecular weight excluding hydrogens is 222 g/mol. The minimum absolute atomic E-state index is 0.0668. The van der Waals surface area contributed by atoms with Crippen molar-refractivity contribution in [1.82, 2.24) is 9.97 Å². The number of carbonyl (C=O) groups is 2. The Balaban J connectivity index is 2.09. The number of pyridine rings is 1. The van der Waals surface area contributed by atoms with Crippen molar-refractivity contribution < 1.29 is 14.7 Å². The summed E-state index contributed by atoms with van der Waals surface area (Å²) < 4.78 is 0.